The molecule has 3 aromatic carbocycles. The maximum absolute atomic E-state index is 14.5. The van der Waals surface area contributed by atoms with Crippen LogP contribution < -0.4 is 10.1 Å². The monoisotopic (exact) mass is 496 g/mol. The van der Waals surface area contributed by atoms with Gasteiger partial charge in [-0.2, -0.15) is 0 Å². The molecule has 0 saturated heterocycles. The summed E-state index contributed by atoms with van der Waals surface area (Å²) in [7, 11) is 0. The van der Waals surface area contributed by atoms with Crippen molar-refractivity contribution in [1.82, 2.24) is 10.2 Å². The number of hydrogen-bond donors (Lipinski definition) is 1. The minimum Gasteiger partial charge on any atom is -0.494 e. The second kappa shape index (κ2) is 13.5. The van der Waals surface area contributed by atoms with Crippen molar-refractivity contribution >= 4 is 23.4 Å². The van der Waals surface area contributed by atoms with Gasteiger partial charge in [-0.1, -0.05) is 60.1 Å². The number of likely N-dealkylation sites (N-methyl/N-ethyl adjacent to an activating group) is 1. The Morgan fingerprint density at radius 2 is 1.69 bits per heavy atom. The minimum absolute atomic E-state index is 0.00180. The molecule has 0 aliphatic heterocycles. The number of nitrogens with zero attached hydrogens (tertiary/aromatic N) is 1. The van der Waals surface area contributed by atoms with Crippen molar-refractivity contribution in [3.8, 4) is 5.75 Å². The molecule has 0 heterocycles. The van der Waals surface area contributed by atoms with Gasteiger partial charge in [0.05, 0.1) is 6.61 Å². The molecule has 0 saturated carbocycles. The molecule has 1 atom stereocenters. The zero-order valence-electron chi connectivity index (χ0n) is 19.8. The van der Waals surface area contributed by atoms with E-state index in [-0.39, 0.29) is 24.8 Å². The summed E-state index contributed by atoms with van der Waals surface area (Å²) in [5.41, 5.74) is 1.28. The lowest BCUT2D eigenvalue weighted by atomic mass is 10.0. The summed E-state index contributed by atoms with van der Waals surface area (Å²) in [4.78, 5) is 28.0. The van der Waals surface area contributed by atoms with Crippen LogP contribution in [-0.2, 0) is 22.6 Å². The van der Waals surface area contributed by atoms with Crippen molar-refractivity contribution in [2.24, 2.45) is 0 Å². The molecule has 0 aliphatic carbocycles. The molecule has 3 aromatic rings. The molecule has 0 radical (unpaired) electrons. The number of nitrogens with one attached hydrogen (secondary N) is 1. The smallest absolute Gasteiger partial charge is 0.243 e. The highest BCUT2D eigenvalue weighted by Crippen LogP contribution is 2.19. The standard InChI is InChI=1S/C28H30ClFN2O3/c1-2-31-28(34)26(19-21-9-4-3-5-10-21)32(20-22-11-6-7-12-25(22)30)27(33)13-8-18-35-24-16-14-23(29)15-17-24/h3-7,9-12,14-17,26H,2,8,13,18-20H2,1H3,(H,31,34)/t26-/m0/s1. The summed E-state index contributed by atoms with van der Waals surface area (Å²) in [6.07, 6.45) is 0.934. The molecular weight excluding hydrogens is 467 g/mol. The fourth-order valence-electron chi connectivity index (χ4n) is 3.74. The molecule has 5 nitrogen and oxygen atoms in total. The van der Waals surface area contributed by atoms with Crippen LogP contribution in [0.25, 0.3) is 0 Å². The molecule has 0 aromatic heterocycles. The number of amides is 2. The maximum Gasteiger partial charge on any atom is 0.243 e. The summed E-state index contributed by atoms with van der Waals surface area (Å²) in [6, 6.07) is 22.0. The van der Waals surface area contributed by atoms with Gasteiger partial charge in [0.1, 0.15) is 17.6 Å². The van der Waals surface area contributed by atoms with Gasteiger partial charge in [-0.3, -0.25) is 9.59 Å². The summed E-state index contributed by atoms with van der Waals surface area (Å²) in [5, 5.41) is 3.45. The van der Waals surface area contributed by atoms with E-state index in [1.54, 1.807) is 42.5 Å². The summed E-state index contributed by atoms with van der Waals surface area (Å²) in [5.74, 6) is -0.251. The SMILES string of the molecule is CCNC(=O)[C@H](Cc1ccccc1)N(Cc1ccccc1F)C(=O)CCCOc1ccc(Cl)cc1. The lowest BCUT2D eigenvalue weighted by Gasteiger charge is -2.31. The van der Waals surface area contributed by atoms with Crippen LogP contribution in [0.1, 0.15) is 30.9 Å². The second-order valence-electron chi connectivity index (χ2n) is 8.12. The van der Waals surface area contributed by atoms with Crippen molar-refractivity contribution in [3.05, 3.63) is 101 Å². The fraction of sp³-hybridized carbons (Fsp3) is 0.286. The number of rotatable bonds is 12. The van der Waals surface area contributed by atoms with Crippen molar-refractivity contribution in [1.29, 1.82) is 0 Å². The lowest BCUT2D eigenvalue weighted by molar-refractivity contribution is -0.141. The Morgan fingerprint density at radius 3 is 2.37 bits per heavy atom. The predicted molar refractivity (Wildman–Crippen MR) is 136 cm³/mol. The third kappa shape index (κ3) is 8.11. The Kier molecular flexibility index (Phi) is 10.1. The third-order valence-corrected chi connectivity index (χ3v) is 5.79. The van der Waals surface area contributed by atoms with Gasteiger partial charge >= 0.3 is 0 Å². The van der Waals surface area contributed by atoms with Gasteiger partial charge in [0.15, 0.2) is 0 Å². The highest BCUT2D eigenvalue weighted by Gasteiger charge is 2.30. The van der Waals surface area contributed by atoms with E-state index >= 15 is 0 Å². The number of halogens is 2. The first-order chi connectivity index (χ1) is 17.0. The van der Waals surface area contributed by atoms with Gasteiger partial charge in [0.25, 0.3) is 0 Å². The van der Waals surface area contributed by atoms with Crippen molar-refractivity contribution < 1.29 is 18.7 Å². The first kappa shape index (κ1) is 26.2. The van der Waals surface area contributed by atoms with E-state index in [4.69, 9.17) is 16.3 Å². The van der Waals surface area contributed by atoms with E-state index < -0.39 is 11.9 Å². The largest absolute Gasteiger partial charge is 0.494 e. The molecule has 0 aliphatic rings. The Morgan fingerprint density at radius 1 is 1.00 bits per heavy atom. The highest BCUT2D eigenvalue weighted by atomic mass is 35.5. The van der Waals surface area contributed by atoms with Crippen molar-refractivity contribution in [3.63, 3.8) is 0 Å². The molecule has 0 bridgehead atoms. The van der Waals surface area contributed by atoms with Crippen molar-refractivity contribution in [2.45, 2.75) is 38.8 Å². The van der Waals surface area contributed by atoms with Crippen LogP contribution in [0.15, 0.2) is 78.9 Å². The molecule has 0 unspecified atom stereocenters. The molecule has 2 amide bonds. The topological polar surface area (TPSA) is 58.6 Å². The van der Waals surface area contributed by atoms with Gasteiger partial charge in [0.2, 0.25) is 11.8 Å². The van der Waals surface area contributed by atoms with Crippen LogP contribution in [0, 0.1) is 5.82 Å². The first-order valence-corrected chi connectivity index (χ1v) is 12.1. The molecular formula is C28H30ClFN2O3. The van der Waals surface area contributed by atoms with Crippen LogP contribution in [0.2, 0.25) is 5.02 Å². The van der Waals surface area contributed by atoms with E-state index in [0.717, 1.165) is 5.56 Å². The summed E-state index contributed by atoms with van der Waals surface area (Å²) in [6.45, 7) is 2.58. The zero-order valence-corrected chi connectivity index (χ0v) is 20.5. The number of hydrogen-bond acceptors (Lipinski definition) is 3. The summed E-state index contributed by atoms with van der Waals surface area (Å²) >= 11 is 5.90. The lowest BCUT2D eigenvalue weighted by Crippen LogP contribution is -2.50. The van der Waals surface area contributed by atoms with E-state index in [9.17, 15) is 14.0 Å². The zero-order chi connectivity index (χ0) is 25.0. The summed E-state index contributed by atoms with van der Waals surface area (Å²) < 4.78 is 20.2. The molecule has 0 spiro atoms. The van der Waals surface area contributed by atoms with Gasteiger partial charge in [0, 0.05) is 36.5 Å². The number of carbonyl (C=O) groups excluding carboxylic acids is 2. The molecule has 3 rings (SSSR count). The average molecular weight is 497 g/mol. The number of ether oxygens (including phenoxy) is 1. The van der Waals surface area contributed by atoms with Crippen LogP contribution in [0.5, 0.6) is 5.75 Å². The molecule has 7 heteroatoms. The molecule has 1 N–H and O–H groups in total. The van der Waals surface area contributed by atoms with Crippen LogP contribution in [0.3, 0.4) is 0 Å². The third-order valence-electron chi connectivity index (χ3n) is 5.54. The Labute approximate surface area is 210 Å². The van der Waals surface area contributed by atoms with Gasteiger partial charge in [-0.15, -0.1) is 0 Å². The second-order valence-corrected chi connectivity index (χ2v) is 8.56. The van der Waals surface area contributed by atoms with Gasteiger partial charge < -0.3 is 15.0 Å². The van der Waals surface area contributed by atoms with Crippen LogP contribution in [0.4, 0.5) is 4.39 Å². The van der Waals surface area contributed by atoms with Crippen LogP contribution in [-0.4, -0.2) is 35.9 Å². The number of benzene rings is 3. The normalized spacial score (nSPS) is 11.5. The van der Waals surface area contributed by atoms with E-state index in [2.05, 4.69) is 5.32 Å². The van der Waals surface area contributed by atoms with E-state index in [1.165, 1.54) is 11.0 Å². The Balaban J connectivity index is 1.77. The van der Waals surface area contributed by atoms with Crippen LogP contribution >= 0.6 is 11.6 Å². The van der Waals surface area contributed by atoms with E-state index in [1.807, 2.05) is 37.3 Å². The Bertz CT molecular complexity index is 1090. The predicted octanol–water partition coefficient (Wildman–Crippen LogP) is 5.41. The highest BCUT2D eigenvalue weighted by molar-refractivity contribution is 6.30. The molecule has 184 valence electrons. The first-order valence-electron chi connectivity index (χ1n) is 11.7. The average Bonchev–Trinajstić information content (AvgIpc) is 2.86. The van der Waals surface area contributed by atoms with E-state index in [0.29, 0.717) is 42.3 Å². The Hall–Kier alpha value is -3.38. The van der Waals surface area contributed by atoms with Crippen molar-refractivity contribution in [2.75, 3.05) is 13.2 Å². The van der Waals surface area contributed by atoms with Gasteiger partial charge in [-0.25, -0.2) is 4.39 Å². The fourth-order valence-corrected chi connectivity index (χ4v) is 3.87. The maximum atomic E-state index is 14.5. The van der Waals surface area contributed by atoms with Gasteiger partial charge in [-0.05, 0) is 49.2 Å². The molecule has 35 heavy (non-hydrogen) atoms. The quantitative estimate of drug-likeness (QED) is 0.341. The minimum atomic E-state index is -0.776. The molecule has 0 fully saturated rings. The number of carbonyl (C=O) groups is 2.